The van der Waals surface area contributed by atoms with Gasteiger partial charge in [0.25, 0.3) is 0 Å². The van der Waals surface area contributed by atoms with E-state index < -0.39 is 0 Å². The molecule has 0 amide bonds. The van der Waals surface area contributed by atoms with Gasteiger partial charge >= 0.3 is 0 Å². The Kier molecular flexibility index (Phi) is 7.69. The fourth-order valence-electron chi connectivity index (χ4n) is 5.02. The van der Waals surface area contributed by atoms with Crippen molar-refractivity contribution < 1.29 is 9.13 Å². The molecular formula is C30H35FN6O. The van der Waals surface area contributed by atoms with Crippen LogP contribution in [0.4, 0.5) is 27.3 Å². The van der Waals surface area contributed by atoms with E-state index in [1.807, 2.05) is 32.2 Å². The minimum absolute atomic E-state index is 0.321. The molecule has 0 saturated carbocycles. The Labute approximate surface area is 223 Å². The van der Waals surface area contributed by atoms with Gasteiger partial charge in [0.05, 0.1) is 53.4 Å². The van der Waals surface area contributed by atoms with E-state index in [-0.39, 0.29) is 5.82 Å². The number of benzene rings is 1. The van der Waals surface area contributed by atoms with Crippen molar-refractivity contribution in [2.75, 3.05) is 54.5 Å². The minimum atomic E-state index is -0.321. The molecule has 1 aliphatic heterocycles. The molecule has 0 spiro atoms. The zero-order valence-electron chi connectivity index (χ0n) is 22.6. The summed E-state index contributed by atoms with van der Waals surface area (Å²) in [4.78, 5) is 19.0. The number of aryl methyl sites for hydroxylation is 1. The molecule has 1 aliphatic rings. The molecule has 1 saturated heterocycles. The molecule has 0 atom stereocenters. The van der Waals surface area contributed by atoms with E-state index in [4.69, 9.17) is 14.7 Å². The molecule has 1 N–H and O–H groups in total. The van der Waals surface area contributed by atoms with Crippen LogP contribution in [0.2, 0.25) is 0 Å². The number of aromatic nitrogens is 3. The topological polar surface area (TPSA) is 66.4 Å². The fourth-order valence-corrected chi connectivity index (χ4v) is 5.02. The second-order valence-corrected chi connectivity index (χ2v) is 9.71. The second kappa shape index (κ2) is 11.3. The maximum absolute atomic E-state index is 14.3. The molecule has 8 heteroatoms. The average Bonchev–Trinajstić information content (AvgIpc) is 2.93. The van der Waals surface area contributed by atoms with E-state index in [0.717, 1.165) is 83.4 Å². The quantitative estimate of drug-likeness (QED) is 0.297. The molecule has 0 aliphatic carbocycles. The van der Waals surface area contributed by atoms with Crippen molar-refractivity contribution in [3.05, 3.63) is 65.7 Å². The van der Waals surface area contributed by atoms with E-state index >= 15 is 0 Å². The van der Waals surface area contributed by atoms with Crippen LogP contribution in [0, 0.1) is 19.7 Å². The van der Waals surface area contributed by atoms with Gasteiger partial charge in [-0.2, -0.15) is 0 Å². The van der Waals surface area contributed by atoms with Crippen molar-refractivity contribution in [1.82, 2.24) is 15.0 Å². The van der Waals surface area contributed by atoms with E-state index in [0.29, 0.717) is 18.7 Å². The maximum Gasteiger partial charge on any atom is 0.152 e. The molecule has 5 rings (SSSR count). The zero-order valence-corrected chi connectivity index (χ0v) is 22.6. The molecular weight excluding hydrogens is 479 g/mol. The summed E-state index contributed by atoms with van der Waals surface area (Å²) >= 11 is 0. The van der Waals surface area contributed by atoms with Crippen molar-refractivity contribution in [1.29, 1.82) is 0 Å². The summed E-state index contributed by atoms with van der Waals surface area (Å²) in [7, 11) is 0. The second-order valence-electron chi connectivity index (χ2n) is 9.71. The Morgan fingerprint density at radius 1 is 1.05 bits per heavy atom. The number of nitrogens with zero attached hydrogens (tertiary/aromatic N) is 5. The molecule has 38 heavy (non-hydrogen) atoms. The lowest BCUT2D eigenvalue weighted by Crippen LogP contribution is -2.37. The van der Waals surface area contributed by atoms with Gasteiger partial charge < -0.3 is 19.9 Å². The van der Waals surface area contributed by atoms with Crippen LogP contribution >= 0.6 is 0 Å². The van der Waals surface area contributed by atoms with Crippen molar-refractivity contribution >= 4 is 33.8 Å². The lowest BCUT2D eigenvalue weighted by Gasteiger charge is -2.31. The third-order valence-corrected chi connectivity index (χ3v) is 7.01. The normalized spacial score (nSPS) is 13.7. The molecule has 3 aromatic heterocycles. The molecule has 0 unspecified atom stereocenters. The number of halogens is 1. The summed E-state index contributed by atoms with van der Waals surface area (Å²) in [6.07, 6.45) is 4.80. The van der Waals surface area contributed by atoms with Gasteiger partial charge in [-0.05, 0) is 63.1 Å². The lowest BCUT2D eigenvalue weighted by molar-refractivity contribution is 0.122. The predicted molar refractivity (Wildman–Crippen MR) is 153 cm³/mol. The zero-order chi connectivity index (χ0) is 26.6. The summed E-state index contributed by atoms with van der Waals surface area (Å²) in [5.74, 6) is 0.560. The third-order valence-electron chi connectivity index (χ3n) is 7.01. The van der Waals surface area contributed by atoms with Crippen molar-refractivity contribution in [2.45, 2.75) is 34.1 Å². The highest BCUT2D eigenvalue weighted by Gasteiger charge is 2.21. The van der Waals surface area contributed by atoms with Gasteiger partial charge in [-0.1, -0.05) is 6.92 Å². The van der Waals surface area contributed by atoms with Crippen LogP contribution in [0.1, 0.15) is 31.4 Å². The monoisotopic (exact) mass is 514 g/mol. The minimum Gasteiger partial charge on any atom is -0.378 e. The Morgan fingerprint density at radius 2 is 1.87 bits per heavy atom. The highest BCUT2D eigenvalue weighted by atomic mass is 19.1. The molecule has 1 aromatic carbocycles. The Hall–Kier alpha value is -3.78. The Balaban J connectivity index is 1.68. The van der Waals surface area contributed by atoms with E-state index in [2.05, 4.69) is 40.0 Å². The Morgan fingerprint density at radius 3 is 2.61 bits per heavy atom. The maximum atomic E-state index is 14.3. The van der Waals surface area contributed by atoms with Gasteiger partial charge in [-0.25, -0.2) is 14.4 Å². The number of morpholine rings is 1. The Bertz CT molecular complexity index is 1440. The molecule has 198 valence electrons. The van der Waals surface area contributed by atoms with Gasteiger partial charge in [0, 0.05) is 49.4 Å². The highest BCUT2D eigenvalue weighted by molar-refractivity contribution is 5.98. The van der Waals surface area contributed by atoms with Crippen LogP contribution in [0.3, 0.4) is 0 Å². The van der Waals surface area contributed by atoms with Crippen LogP contribution in [-0.2, 0) is 4.74 Å². The summed E-state index contributed by atoms with van der Waals surface area (Å²) in [6.45, 7) is 13.1. The van der Waals surface area contributed by atoms with Crippen molar-refractivity contribution in [3.63, 3.8) is 0 Å². The first-order valence-corrected chi connectivity index (χ1v) is 13.4. The van der Waals surface area contributed by atoms with Crippen molar-refractivity contribution in [2.24, 2.45) is 0 Å². The largest absolute Gasteiger partial charge is 0.378 e. The number of rotatable bonds is 8. The van der Waals surface area contributed by atoms with Crippen LogP contribution in [0.15, 0.2) is 48.8 Å². The molecule has 4 heterocycles. The number of hydrogen-bond acceptors (Lipinski definition) is 7. The number of hydrogen-bond donors (Lipinski definition) is 1. The first kappa shape index (κ1) is 25.9. The summed E-state index contributed by atoms with van der Waals surface area (Å²) in [5.41, 5.74) is 6.95. The molecule has 4 aromatic rings. The van der Waals surface area contributed by atoms with Gasteiger partial charge in [0.15, 0.2) is 5.82 Å². The average molecular weight is 515 g/mol. The SMILES string of the molecule is CCCN(CC)c1cnc(N2CCOCC2)c(Nc2c(C)c(-c3cc(C)ccn3)nc3cc(F)ccc23)c1. The van der Waals surface area contributed by atoms with E-state index in [1.54, 1.807) is 12.3 Å². The van der Waals surface area contributed by atoms with Crippen LogP contribution in [0.25, 0.3) is 22.3 Å². The van der Waals surface area contributed by atoms with Crippen LogP contribution < -0.4 is 15.1 Å². The number of ether oxygens (including phenoxy) is 1. The highest BCUT2D eigenvalue weighted by Crippen LogP contribution is 2.38. The lowest BCUT2D eigenvalue weighted by atomic mass is 10.0. The van der Waals surface area contributed by atoms with Gasteiger partial charge in [-0.15, -0.1) is 0 Å². The molecule has 1 fully saturated rings. The van der Waals surface area contributed by atoms with Gasteiger partial charge in [0.2, 0.25) is 0 Å². The number of pyridine rings is 3. The number of fused-ring (bicyclic) bond motifs is 1. The van der Waals surface area contributed by atoms with Crippen molar-refractivity contribution in [3.8, 4) is 11.4 Å². The first-order valence-electron chi connectivity index (χ1n) is 13.4. The number of nitrogens with one attached hydrogen (secondary N) is 1. The summed E-state index contributed by atoms with van der Waals surface area (Å²) in [5, 5.41) is 4.57. The summed E-state index contributed by atoms with van der Waals surface area (Å²) < 4.78 is 19.9. The molecule has 0 bridgehead atoms. The van der Waals surface area contributed by atoms with Crippen LogP contribution in [0.5, 0.6) is 0 Å². The fraction of sp³-hybridized carbons (Fsp3) is 0.367. The number of anilines is 4. The van der Waals surface area contributed by atoms with Crippen LogP contribution in [-0.4, -0.2) is 54.3 Å². The third kappa shape index (κ3) is 5.27. The molecule has 0 radical (unpaired) electrons. The summed E-state index contributed by atoms with van der Waals surface area (Å²) in [6, 6.07) is 10.9. The van der Waals surface area contributed by atoms with Gasteiger partial charge in [0.1, 0.15) is 5.82 Å². The molecule has 7 nitrogen and oxygen atoms in total. The predicted octanol–water partition coefficient (Wildman–Crippen LogP) is 6.26. The van der Waals surface area contributed by atoms with E-state index in [9.17, 15) is 4.39 Å². The van der Waals surface area contributed by atoms with Gasteiger partial charge in [-0.3, -0.25) is 4.98 Å². The first-order chi connectivity index (χ1) is 18.5. The van der Waals surface area contributed by atoms with E-state index in [1.165, 1.54) is 12.1 Å². The smallest absolute Gasteiger partial charge is 0.152 e. The standard InChI is InChI=1S/C30H35FN6O/c1-5-11-36(6-2)23-18-27(30(33-19-23)37-12-14-38-15-13-37)35-28-21(4)29(26-16-20(3)9-10-32-26)34-25-17-22(31)7-8-24(25)28/h7-10,16-19H,5-6,11-15H2,1-4H3,(H,34,35).